The van der Waals surface area contributed by atoms with E-state index in [1.807, 2.05) is 0 Å². The number of benzene rings is 2. The summed E-state index contributed by atoms with van der Waals surface area (Å²) in [6.07, 6.45) is 0. The van der Waals surface area contributed by atoms with Crippen LogP contribution in [-0.2, 0) is 4.79 Å². The van der Waals surface area contributed by atoms with Crippen LogP contribution >= 0.6 is 11.8 Å². The van der Waals surface area contributed by atoms with Crippen molar-refractivity contribution in [1.82, 2.24) is 4.90 Å². The fourth-order valence-electron chi connectivity index (χ4n) is 2.40. The Morgan fingerprint density at radius 1 is 1.10 bits per heavy atom. The molecule has 0 bridgehead atoms. The van der Waals surface area contributed by atoms with Crippen molar-refractivity contribution in [2.24, 2.45) is 0 Å². The molecule has 0 atom stereocenters. The number of rotatable bonds is 8. The Morgan fingerprint density at radius 2 is 1.69 bits per heavy atom. The average Bonchev–Trinajstić information content (AvgIpc) is 2.71. The van der Waals surface area contributed by atoms with Crippen LogP contribution in [0.2, 0.25) is 0 Å². The van der Waals surface area contributed by atoms with Crippen molar-refractivity contribution in [3.63, 3.8) is 0 Å². The average molecular weight is 419 g/mol. The van der Waals surface area contributed by atoms with Crippen molar-refractivity contribution >= 4 is 35.0 Å². The number of anilines is 1. The van der Waals surface area contributed by atoms with Crippen LogP contribution in [-0.4, -0.2) is 55.7 Å². The number of ether oxygens (including phenoxy) is 2. The molecule has 10 heteroatoms. The van der Waals surface area contributed by atoms with Crippen LogP contribution in [0.15, 0.2) is 41.3 Å². The zero-order valence-electron chi connectivity index (χ0n) is 16.4. The molecular weight excluding hydrogens is 398 g/mol. The Labute approximate surface area is 172 Å². The zero-order chi connectivity index (χ0) is 21.6. The van der Waals surface area contributed by atoms with Crippen molar-refractivity contribution in [3.05, 3.63) is 52.1 Å². The highest BCUT2D eigenvalue weighted by atomic mass is 32.2. The summed E-state index contributed by atoms with van der Waals surface area (Å²) in [5.41, 5.74) is 0.549. The third-order valence-electron chi connectivity index (χ3n) is 3.85. The first-order valence-corrected chi connectivity index (χ1v) is 9.40. The second-order valence-corrected chi connectivity index (χ2v) is 7.09. The molecule has 9 nitrogen and oxygen atoms in total. The van der Waals surface area contributed by atoms with Crippen LogP contribution in [0.25, 0.3) is 0 Å². The Hall–Kier alpha value is -3.27. The number of nitro groups is 1. The van der Waals surface area contributed by atoms with Crippen LogP contribution in [0.1, 0.15) is 10.4 Å². The Kier molecular flexibility index (Phi) is 7.43. The molecular formula is C19H21N3O6S. The SMILES string of the molecule is COc1cc(NC(=O)CSc2ccc([N+](=O)[O-])cc2)c(C(=O)N(C)C)cc1OC. The van der Waals surface area contributed by atoms with E-state index < -0.39 is 4.92 Å². The van der Waals surface area contributed by atoms with Gasteiger partial charge in [-0.15, -0.1) is 11.8 Å². The van der Waals surface area contributed by atoms with Crippen molar-refractivity contribution in [1.29, 1.82) is 0 Å². The highest BCUT2D eigenvalue weighted by Crippen LogP contribution is 2.34. The van der Waals surface area contributed by atoms with E-state index in [1.165, 1.54) is 55.1 Å². The maximum Gasteiger partial charge on any atom is 0.269 e. The number of thioether (sulfide) groups is 1. The molecule has 2 aromatic rings. The number of amides is 2. The standard InChI is InChI=1S/C19H21N3O6S/c1-21(2)19(24)14-9-16(27-3)17(28-4)10-15(14)20-18(23)11-29-13-7-5-12(6-8-13)22(25)26/h5-10H,11H2,1-4H3,(H,20,23). The first-order valence-electron chi connectivity index (χ1n) is 8.41. The van der Waals surface area contributed by atoms with Gasteiger partial charge >= 0.3 is 0 Å². The van der Waals surface area contributed by atoms with Gasteiger partial charge in [-0.05, 0) is 18.2 Å². The summed E-state index contributed by atoms with van der Waals surface area (Å²) in [5.74, 6) is 0.164. The van der Waals surface area contributed by atoms with Crippen LogP contribution in [0.4, 0.5) is 11.4 Å². The molecule has 29 heavy (non-hydrogen) atoms. The van der Waals surface area contributed by atoms with Gasteiger partial charge in [0, 0.05) is 37.2 Å². The van der Waals surface area contributed by atoms with Crippen LogP contribution < -0.4 is 14.8 Å². The molecule has 154 valence electrons. The number of non-ortho nitro benzene ring substituents is 1. The quantitative estimate of drug-likeness (QED) is 0.398. The van der Waals surface area contributed by atoms with Crippen molar-refractivity contribution in [3.8, 4) is 11.5 Å². The minimum absolute atomic E-state index is 0.0176. The molecule has 0 spiro atoms. The van der Waals surface area contributed by atoms with Crippen LogP contribution in [0.5, 0.6) is 11.5 Å². The first-order chi connectivity index (χ1) is 13.8. The second-order valence-electron chi connectivity index (χ2n) is 6.04. The highest BCUT2D eigenvalue weighted by Gasteiger charge is 2.20. The summed E-state index contributed by atoms with van der Waals surface area (Å²) in [7, 11) is 6.13. The first kappa shape index (κ1) is 22.0. The van der Waals surface area contributed by atoms with Crippen LogP contribution in [0, 0.1) is 10.1 Å². The van der Waals surface area contributed by atoms with Crippen LogP contribution in [0.3, 0.4) is 0 Å². The minimum atomic E-state index is -0.485. The molecule has 0 heterocycles. The summed E-state index contributed by atoms with van der Waals surface area (Å²) in [4.78, 5) is 37.2. The molecule has 2 amide bonds. The Morgan fingerprint density at radius 3 is 2.21 bits per heavy atom. The lowest BCUT2D eigenvalue weighted by molar-refractivity contribution is -0.384. The maximum atomic E-state index is 12.5. The molecule has 0 aliphatic rings. The van der Waals surface area contributed by atoms with Gasteiger partial charge in [0.2, 0.25) is 5.91 Å². The number of methoxy groups -OCH3 is 2. The lowest BCUT2D eigenvalue weighted by Gasteiger charge is -2.18. The second kappa shape index (κ2) is 9.78. The largest absolute Gasteiger partial charge is 0.493 e. The van der Waals surface area contributed by atoms with Gasteiger partial charge in [0.15, 0.2) is 11.5 Å². The molecule has 0 saturated carbocycles. The molecule has 0 aromatic heterocycles. The number of nitro benzene ring substituents is 1. The Balaban J connectivity index is 2.17. The van der Waals surface area contributed by atoms with Crippen molar-refractivity contribution < 1.29 is 24.0 Å². The Bertz CT molecular complexity index is 915. The van der Waals surface area contributed by atoms with Gasteiger partial charge in [-0.25, -0.2) is 0 Å². The van der Waals surface area contributed by atoms with E-state index >= 15 is 0 Å². The summed E-state index contributed by atoms with van der Waals surface area (Å²) in [6.45, 7) is 0. The molecule has 0 fully saturated rings. The van der Waals surface area contributed by atoms with Gasteiger partial charge < -0.3 is 19.7 Å². The van der Waals surface area contributed by atoms with Gasteiger partial charge in [-0.2, -0.15) is 0 Å². The lowest BCUT2D eigenvalue weighted by atomic mass is 10.1. The summed E-state index contributed by atoms with van der Waals surface area (Å²) in [6, 6.07) is 8.95. The number of carbonyl (C=O) groups excluding carboxylic acids is 2. The van der Waals surface area contributed by atoms with E-state index in [4.69, 9.17) is 9.47 Å². The molecule has 0 aliphatic heterocycles. The van der Waals surface area contributed by atoms with Gasteiger partial charge in [0.1, 0.15) is 0 Å². The summed E-state index contributed by atoms with van der Waals surface area (Å²) in [5, 5.41) is 13.4. The maximum absolute atomic E-state index is 12.5. The number of nitrogens with zero attached hydrogens (tertiary/aromatic N) is 2. The van der Waals surface area contributed by atoms with E-state index in [1.54, 1.807) is 26.2 Å². The summed E-state index contributed by atoms with van der Waals surface area (Å²) < 4.78 is 10.5. The van der Waals surface area contributed by atoms with Gasteiger partial charge in [-0.1, -0.05) is 0 Å². The van der Waals surface area contributed by atoms with E-state index in [2.05, 4.69) is 5.32 Å². The minimum Gasteiger partial charge on any atom is -0.493 e. The van der Waals surface area contributed by atoms with Gasteiger partial charge in [0.05, 0.1) is 36.1 Å². The molecule has 0 radical (unpaired) electrons. The molecule has 2 rings (SSSR count). The fraction of sp³-hybridized carbons (Fsp3) is 0.263. The molecule has 0 saturated heterocycles. The number of nitrogens with one attached hydrogen (secondary N) is 1. The van der Waals surface area contributed by atoms with E-state index in [0.717, 1.165) is 0 Å². The predicted molar refractivity (Wildman–Crippen MR) is 110 cm³/mol. The topological polar surface area (TPSA) is 111 Å². The molecule has 0 aliphatic carbocycles. The highest BCUT2D eigenvalue weighted by molar-refractivity contribution is 8.00. The molecule has 0 unspecified atom stereocenters. The monoisotopic (exact) mass is 419 g/mol. The fourth-order valence-corrected chi connectivity index (χ4v) is 3.10. The number of carbonyl (C=O) groups is 2. The van der Waals surface area contributed by atoms with Crippen molar-refractivity contribution in [2.45, 2.75) is 4.90 Å². The molecule has 2 aromatic carbocycles. The normalized spacial score (nSPS) is 10.2. The predicted octanol–water partition coefficient (Wildman–Crippen LogP) is 3.04. The number of hydrogen-bond donors (Lipinski definition) is 1. The zero-order valence-corrected chi connectivity index (χ0v) is 17.2. The lowest BCUT2D eigenvalue weighted by Crippen LogP contribution is -2.24. The van der Waals surface area contributed by atoms with Gasteiger partial charge in [-0.3, -0.25) is 19.7 Å². The van der Waals surface area contributed by atoms with Crippen molar-refractivity contribution in [2.75, 3.05) is 39.4 Å². The number of hydrogen-bond acceptors (Lipinski definition) is 7. The van der Waals surface area contributed by atoms with E-state index in [0.29, 0.717) is 22.1 Å². The van der Waals surface area contributed by atoms with E-state index in [9.17, 15) is 19.7 Å². The summed E-state index contributed by atoms with van der Waals surface area (Å²) >= 11 is 1.22. The van der Waals surface area contributed by atoms with E-state index in [-0.39, 0.29) is 28.8 Å². The third kappa shape index (κ3) is 5.61. The molecule has 1 N–H and O–H groups in total. The third-order valence-corrected chi connectivity index (χ3v) is 4.86. The van der Waals surface area contributed by atoms with Gasteiger partial charge in [0.25, 0.3) is 11.6 Å². The smallest absolute Gasteiger partial charge is 0.269 e.